The van der Waals surface area contributed by atoms with Crippen LogP contribution in [0.5, 0.6) is 5.75 Å². The van der Waals surface area contributed by atoms with E-state index in [2.05, 4.69) is 43.0 Å². The molecule has 45 heavy (non-hydrogen) atoms. The molecule has 0 spiro atoms. The van der Waals surface area contributed by atoms with E-state index in [-0.39, 0.29) is 5.60 Å². The second-order valence-corrected chi connectivity index (χ2v) is 12.8. The summed E-state index contributed by atoms with van der Waals surface area (Å²) in [5.74, 6) is 2.69. The third kappa shape index (κ3) is 9.59. The molecule has 2 aromatic heterocycles. The number of nitrogens with one attached hydrogen (secondary N) is 1. The molecule has 246 valence electrons. The molecule has 3 aromatic rings. The molecule has 11 heteroatoms. The molecule has 1 aromatic carbocycles. The van der Waals surface area contributed by atoms with Crippen molar-refractivity contribution in [3.05, 3.63) is 30.6 Å². The van der Waals surface area contributed by atoms with E-state index in [4.69, 9.17) is 23.7 Å². The lowest BCUT2D eigenvalue weighted by molar-refractivity contribution is -0.00501. The summed E-state index contributed by atoms with van der Waals surface area (Å²) < 4.78 is 28.9. The highest BCUT2D eigenvalue weighted by molar-refractivity contribution is 5.93. The molecule has 0 bridgehead atoms. The van der Waals surface area contributed by atoms with Crippen molar-refractivity contribution in [1.82, 2.24) is 25.1 Å². The molecule has 0 radical (unpaired) electrons. The number of H-pyrrole nitrogens is 1. The molecule has 2 aliphatic carbocycles. The zero-order chi connectivity index (χ0) is 30.7. The third-order valence-electron chi connectivity index (χ3n) is 9.26. The Hall–Kier alpha value is -2.83. The van der Waals surface area contributed by atoms with Crippen molar-refractivity contribution >= 4 is 16.7 Å². The predicted molar refractivity (Wildman–Crippen MR) is 174 cm³/mol. The van der Waals surface area contributed by atoms with E-state index < -0.39 is 0 Å². The fourth-order valence-corrected chi connectivity index (χ4v) is 6.17. The minimum atomic E-state index is -0.0265. The van der Waals surface area contributed by atoms with Crippen LogP contribution in [0.3, 0.4) is 0 Å². The molecule has 2 saturated carbocycles. The van der Waals surface area contributed by atoms with E-state index in [0.29, 0.717) is 46.2 Å². The van der Waals surface area contributed by atoms with Crippen LogP contribution in [0.25, 0.3) is 22.3 Å². The average Bonchev–Trinajstić information content (AvgIpc) is 3.41. The Bertz CT molecular complexity index is 1320. The van der Waals surface area contributed by atoms with Gasteiger partial charge in [0.15, 0.2) is 0 Å². The summed E-state index contributed by atoms with van der Waals surface area (Å²) in [7, 11) is 0. The van der Waals surface area contributed by atoms with Gasteiger partial charge in [0.05, 0.1) is 57.5 Å². The number of aromatic amines is 1. The van der Waals surface area contributed by atoms with Crippen LogP contribution in [0.4, 0.5) is 5.82 Å². The van der Waals surface area contributed by atoms with Gasteiger partial charge in [-0.2, -0.15) is 5.10 Å². The first-order valence-corrected chi connectivity index (χ1v) is 16.9. The predicted octanol–water partition coefficient (Wildman–Crippen LogP) is 4.72. The van der Waals surface area contributed by atoms with Gasteiger partial charge in [0.25, 0.3) is 0 Å². The highest BCUT2D eigenvalue weighted by atomic mass is 16.6. The van der Waals surface area contributed by atoms with Crippen molar-refractivity contribution in [2.24, 2.45) is 5.92 Å². The minimum absolute atomic E-state index is 0.0265. The molecule has 1 saturated heterocycles. The van der Waals surface area contributed by atoms with Gasteiger partial charge in [0, 0.05) is 50.8 Å². The van der Waals surface area contributed by atoms with Gasteiger partial charge in [0.1, 0.15) is 29.2 Å². The highest BCUT2D eigenvalue weighted by Gasteiger charge is 2.40. The van der Waals surface area contributed by atoms with Crippen LogP contribution in [0.1, 0.15) is 51.9 Å². The Morgan fingerprint density at radius 2 is 1.51 bits per heavy atom. The average molecular weight is 623 g/mol. The van der Waals surface area contributed by atoms with Crippen molar-refractivity contribution < 1.29 is 23.7 Å². The van der Waals surface area contributed by atoms with E-state index in [9.17, 15) is 0 Å². The number of rotatable bonds is 19. The van der Waals surface area contributed by atoms with Crippen LogP contribution in [0.2, 0.25) is 0 Å². The van der Waals surface area contributed by atoms with E-state index in [1.807, 2.05) is 18.2 Å². The number of nitrogens with zero attached hydrogens (tertiary/aromatic N) is 5. The number of aromatic nitrogens is 4. The molecular formula is C34H50N6O5. The molecule has 0 amide bonds. The lowest BCUT2D eigenvalue weighted by Gasteiger charge is -2.35. The van der Waals surface area contributed by atoms with Gasteiger partial charge in [-0.05, 0) is 50.3 Å². The summed E-state index contributed by atoms with van der Waals surface area (Å²) in [5, 5.41) is 8.73. The molecule has 3 heterocycles. The molecule has 0 unspecified atom stereocenters. The topological polar surface area (TPSA) is 107 Å². The number of hydrogen-bond donors (Lipinski definition) is 1. The van der Waals surface area contributed by atoms with Crippen LogP contribution in [-0.2, 0) is 18.9 Å². The molecule has 0 atom stereocenters. The lowest BCUT2D eigenvalue weighted by atomic mass is 10.1. The van der Waals surface area contributed by atoms with Crippen molar-refractivity contribution in [3.8, 4) is 17.1 Å². The van der Waals surface area contributed by atoms with Gasteiger partial charge in [0.2, 0.25) is 0 Å². The van der Waals surface area contributed by atoms with Crippen LogP contribution in [0.15, 0.2) is 30.6 Å². The standard InChI is InChI=1S/C34H50N6O5/c1-34(9-10-34)45-28-6-7-30-29(24-28)33(38-37-30)31-25-32(36-26-35-31)40-13-11-39(12-14-40)15-17-42-19-21-44-23-22-43-20-18-41-16-8-27-4-2-3-5-27/h6-7,24-27H,2-5,8-23H2,1H3,(H,37,38). The SMILES string of the molecule is CC1(Oc2ccc3[nH]nc(-c4cc(N5CCN(CCOCCOCCOCCOCCC6CCCC6)CC5)ncn4)c3c2)CC1. The van der Waals surface area contributed by atoms with Gasteiger partial charge in [-0.25, -0.2) is 9.97 Å². The number of ether oxygens (including phenoxy) is 5. The van der Waals surface area contributed by atoms with Crippen molar-refractivity contribution in [3.63, 3.8) is 0 Å². The molecule has 3 fully saturated rings. The van der Waals surface area contributed by atoms with E-state index in [1.165, 1.54) is 32.1 Å². The van der Waals surface area contributed by atoms with E-state index in [1.54, 1.807) is 6.33 Å². The normalized spacial score (nSPS) is 18.6. The second kappa shape index (κ2) is 16.1. The minimum Gasteiger partial charge on any atom is -0.488 e. The van der Waals surface area contributed by atoms with Gasteiger partial charge in [-0.3, -0.25) is 10.00 Å². The summed E-state index contributed by atoms with van der Waals surface area (Å²) in [6.07, 6.45) is 10.6. The van der Waals surface area contributed by atoms with Crippen LogP contribution >= 0.6 is 0 Å². The quantitative estimate of drug-likeness (QED) is 0.189. The molecule has 1 N–H and O–H groups in total. The monoisotopic (exact) mass is 622 g/mol. The number of anilines is 1. The number of benzene rings is 1. The summed E-state index contributed by atoms with van der Waals surface area (Å²) >= 11 is 0. The van der Waals surface area contributed by atoms with Crippen molar-refractivity contribution in [2.75, 3.05) is 90.5 Å². The third-order valence-corrected chi connectivity index (χ3v) is 9.26. The Morgan fingerprint density at radius 3 is 2.22 bits per heavy atom. The summed E-state index contributed by atoms with van der Waals surface area (Å²) in [6.45, 7) is 12.0. The smallest absolute Gasteiger partial charge is 0.132 e. The van der Waals surface area contributed by atoms with E-state index in [0.717, 1.165) is 91.9 Å². The summed E-state index contributed by atoms with van der Waals surface area (Å²) in [6, 6.07) is 8.14. The number of hydrogen-bond acceptors (Lipinski definition) is 10. The molecule has 11 nitrogen and oxygen atoms in total. The fraction of sp³-hybridized carbons (Fsp3) is 0.676. The Morgan fingerprint density at radius 1 is 0.822 bits per heavy atom. The van der Waals surface area contributed by atoms with E-state index >= 15 is 0 Å². The first kappa shape index (κ1) is 32.1. The van der Waals surface area contributed by atoms with Gasteiger partial charge in [-0.1, -0.05) is 25.7 Å². The lowest BCUT2D eigenvalue weighted by Crippen LogP contribution is -2.47. The first-order valence-electron chi connectivity index (χ1n) is 16.9. The van der Waals surface area contributed by atoms with Crippen LogP contribution in [0, 0.1) is 5.92 Å². The van der Waals surface area contributed by atoms with Crippen molar-refractivity contribution in [2.45, 2.75) is 57.5 Å². The van der Waals surface area contributed by atoms with Gasteiger partial charge >= 0.3 is 0 Å². The van der Waals surface area contributed by atoms with Crippen LogP contribution < -0.4 is 9.64 Å². The van der Waals surface area contributed by atoms with Gasteiger partial charge in [-0.15, -0.1) is 0 Å². The largest absolute Gasteiger partial charge is 0.488 e. The maximum atomic E-state index is 6.19. The Balaban J connectivity index is 0.823. The molecule has 1 aliphatic heterocycles. The fourth-order valence-electron chi connectivity index (χ4n) is 6.17. The zero-order valence-electron chi connectivity index (χ0n) is 26.9. The second-order valence-electron chi connectivity index (χ2n) is 12.8. The molecular weight excluding hydrogens is 572 g/mol. The Kier molecular flexibility index (Phi) is 11.5. The maximum Gasteiger partial charge on any atom is 0.132 e. The maximum absolute atomic E-state index is 6.19. The summed E-state index contributed by atoms with van der Waals surface area (Å²) in [5.41, 5.74) is 2.57. The Labute approximate surface area is 266 Å². The zero-order valence-corrected chi connectivity index (χ0v) is 26.9. The highest BCUT2D eigenvalue weighted by Crippen LogP contribution is 2.40. The van der Waals surface area contributed by atoms with Crippen molar-refractivity contribution in [1.29, 1.82) is 0 Å². The molecule has 3 aliphatic rings. The molecule has 6 rings (SSSR count). The number of piperazine rings is 1. The first-order chi connectivity index (χ1) is 22.2. The summed E-state index contributed by atoms with van der Waals surface area (Å²) in [4.78, 5) is 13.9. The van der Waals surface area contributed by atoms with Crippen LogP contribution in [-0.4, -0.2) is 116 Å². The van der Waals surface area contributed by atoms with Gasteiger partial charge < -0.3 is 28.6 Å². The number of fused-ring (bicyclic) bond motifs is 1.